The van der Waals surface area contributed by atoms with E-state index in [9.17, 15) is 9.90 Å². The summed E-state index contributed by atoms with van der Waals surface area (Å²) in [6, 6.07) is 0. The summed E-state index contributed by atoms with van der Waals surface area (Å²) in [5.41, 5.74) is 0. The second-order valence-corrected chi connectivity index (χ2v) is 3.18. The van der Waals surface area contributed by atoms with Crippen molar-refractivity contribution in [1.82, 2.24) is 0 Å². The predicted octanol–water partition coefficient (Wildman–Crippen LogP) is 0.247. The fourth-order valence-corrected chi connectivity index (χ4v) is 1.61. The minimum atomic E-state index is -0.906. The molecule has 4 nitrogen and oxygen atoms in total. The van der Waals surface area contributed by atoms with Crippen molar-refractivity contribution in [3.63, 3.8) is 0 Å². The first-order chi connectivity index (χ1) is 5.65. The second kappa shape index (κ2) is 3.87. The number of aliphatic hydroxyl groups excluding tert-OH is 1. The Kier molecular flexibility index (Phi) is 3.05. The maximum atomic E-state index is 10.6. The van der Waals surface area contributed by atoms with Gasteiger partial charge in [0.25, 0.3) is 0 Å². The molecule has 0 bridgehead atoms. The highest BCUT2D eigenvalue weighted by Gasteiger charge is 2.33. The summed E-state index contributed by atoms with van der Waals surface area (Å²) in [6.45, 7) is 0. The van der Waals surface area contributed by atoms with E-state index in [4.69, 9.17) is 9.84 Å². The van der Waals surface area contributed by atoms with Gasteiger partial charge in [0.15, 0.2) is 0 Å². The summed E-state index contributed by atoms with van der Waals surface area (Å²) in [7, 11) is 1.58. The molecule has 0 amide bonds. The molecule has 3 unspecified atom stereocenters. The maximum absolute atomic E-state index is 10.6. The molecule has 1 fully saturated rings. The van der Waals surface area contributed by atoms with E-state index in [1.165, 1.54) is 0 Å². The molecular weight excluding hydrogens is 160 g/mol. The number of aliphatic carboxylic acids is 1. The molecule has 1 rings (SSSR count). The van der Waals surface area contributed by atoms with Crippen molar-refractivity contribution in [2.45, 2.75) is 31.5 Å². The molecule has 1 aliphatic carbocycles. The number of hydrogen-bond acceptors (Lipinski definition) is 3. The molecule has 0 heterocycles. The van der Waals surface area contributed by atoms with Crippen molar-refractivity contribution in [1.29, 1.82) is 0 Å². The van der Waals surface area contributed by atoms with Gasteiger partial charge in [0.1, 0.15) is 0 Å². The van der Waals surface area contributed by atoms with Crippen LogP contribution in [0.1, 0.15) is 19.3 Å². The first-order valence-electron chi connectivity index (χ1n) is 4.08. The average Bonchev–Trinajstić information content (AvgIpc) is 2.03. The lowest BCUT2D eigenvalue weighted by Gasteiger charge is -2.29. The van der Waals surface area contributed by atoms with Crippen LogP contribution in [0.25, 0.3) is 0 Å². The van der Waals surface area contributed by atoms with Gasteiger partial charge in [-0.1, -0.05) is 0 Å². The summed E-state index contributed by atoms with van der Waals surface area (Å²) >= 11 is 0. The lowest BCUT2D eigenvalue weighted by Crippen LogP contribution is -2.37. The molecule has 12 heavy (non-hydrogen) atoms. The molecule has 1 saturated carbocycles. The van der Waals surface area contributed by atoms with E-state index in [0.29, 0.717) is 12.8 Å². The molecule has 0 spiro atoms. The van der Waals surface area contributed by atoms with Crippen molar-refractivity contribution in [2.75, 3.05) is 7.11 Å². The van der Waals surface area contributed by atoms with Gasteiger partial charge in [-0.2, -0.15) is 0 Å². The van der Waals surface area contributed by atoms with Crippen LogP contribution in [0.3, 0.4) is 0 Å². The zero-order valence-corrected chi connectivity index (χ0v) is 7.06. The molecule has 0 saturated heterocycles. The Morgan fingerprint density at radius 1 is 1.50 bits per heavy atom. The predicted molar refractivity (Wildman–Crippen MR) is 41.8 cm³/mol. The van der Waals surface area contributed by atoms with Crippen molar-refractivity contribution in [2.24, 2.45) is 5.92 Å². The summed E-state index contributed by atoms with van der Waals surface area (Å²) in [4.78, 5) is 10.6. The quantitative estimate of drug-likeness (QED) is 0.629. The van der Waals surface area contributed by atoms with Crippen LogP contribution in [0.4, 0.5) is 0 Å². The number of carboxylic acid groups (broad SMARTS) is 1. The molecule has 0 radical (unpaired) electrons. The number of rotatable bonds is 2. The van der Waals surface area contributed by atoms with Crippen LogP contribution in [0.5, 0.6) is 0 Å². The number of ether oxygens (including phenoxy) is 1. The van der Waals surface area contributed by atoms with Gasteiger partial charge in [-0.15, -0.1) is 0 Å². The number of methoxy groups -OCH3 is 1. The lowest BCUT2D eigenvalue weighted by atomic mass is 9.85. The smallest absolute Gasteiger partial charge is 0.309 e. The second-order valence-electron chi connectivity index (χ2n) is 3.18. The fraction of sp³-hybridized carbons (Fsp3) is 0.875. The minimum Gasteiger partial charge on any atom is -0.481 e. The van der Waals surface area contributed by atoms with E-state index in [1.54, 1.807) is 7.11 Å². The Morgan fingerprint density at radius 3 is 2.58 bits per heavy atom. The van der Waals surface area contributed by atoms with Gasteiger partial charge in [0.05, 0.1) is 18.1 Å². The van der Waals surface area contributed by atoms with Crippen molar-refractivity contribution in [3.05, 3.63) is 0 Å². The first kappa shape index (κ1) is 9.48. The highest BCUT2D eigenvalue weighted by Crippen LogP contribution is 2.26. The molecule has 70 valence electrons. The van der Waals surface area contributed by atoms with Crippen molar-refractivity contribution in [3.8, 4) is 0 Å². The summed E-state index contributed by atoms with van der Waals surface area (Å²) in [5.74, 6) is -1.51. The van der Waals surface area contributed by atoms with E-state index in [0.717, 1.165) is 6.42 Å². The molecular formula is C8H14O4. The lowest BCUT2D eigenvalue weighted by molar-refractivity contribution is -0.149. The summed E-state index contributed by atoms with van der Waals surface area (Å²) in [6.07, 6.45) is 0.948. The third-order valence-electron chi connectivity index (χ3n) is 2.42. The average molecular weight is 174 g/mol. The largest absolute Gasteiger partial charge is 0.481 e. The van der Waals surface area contributed by atoms with Crippen molar-refractivity contribution < 1.29 is 19.7 Å². The summed E-state index contributed by atoms with van der Waals surface area (Å²) < 4.78 is 5.04. The van der Waals surface area contributed by atoms with Crippen molar-refractivity contribution >= 4 is 5.97 Å². The monoisotopic (exact) mass is 174 g/mol. The number of aliphatic hydroxyl groups is 1. The van der Waals surface area contributed by atoms with E-state index in [-0.39, 0.29) is 6.10 Å². The molecule has 0 aromatic rings. The molecule has 1 aliphatic rings. The van der Waals surface area contributed by atoms with E-state index >= 15 is 0 Å². The topological polar surface area (TPSA) is 66.8 Å². The van der Waals surface area contributed by atoms with Gasteiger partial charge in [-0.3, -0.25) is 4.79 Å². The zero-order valence-electron chi connectivity index (χ0n) is 7.06. The van der Waals surface area contributed by atoms with Gasteiger partial charge in [0.2, 0.25) is 0 Å². The fourth-order valence-electron chi connectivity index (χ4n) is 1.61. The Balaban J connectivity index is 2.47. The highest BCUT2D eigenvalue weighted by atomic mass is 16.5. The molecule has 0 aromatic carbocycles. The van der Waals surface area contributed by atoms with Crippen LogP contribution in [-0.4, -0.2) is 35.5 Å². The van der Waals surface area contributed by atoms with Gasteiger partial charge in [-0.05, 0) is 12.8 Å². The third-order valence-corrected chi connectivity index (χ3v) is 2.42. The van der Waals surface area contributed by atoms with Crippen LogP contribution in [-0.2, 0) is 9.53 Å². The van der Waals surface area contributed by atoms with Crippen LogP contribution in [0.15, 0.2) is 0 Å². The van der Waals surface area contributed by atoms with Crippen LogP contribution in [0, 0.1) is 5.92 Å². The van der Waals surface area contributed by atoms with E-state index < -0.39 is 18.0 Å². The van der Waals surface area contributed by atoms with Gasteiger partial charge < -0.3 is 14.9 Å². The highest BCUT2D eigenvalue weighted by molar-refractivity contribution is 5.70. The molecule has 3 atom stereocenters. The van der Waals surface area contributed by atoms with E-state index in [1.807, 2.05) is 0 Å². The van der Waals surface area contributed by atoms with Crippen LogP contribution < -0.4 is 0 Å². The van der Waals surface area contributed by atoms with Crippen LogP contribution >= 0.6 is 0 Å². The molecule has 2 N–H and O–H groups in total. The minimum absolute atomic E-state index is 0.0237. The first-order valence-corrected chi connectivity index (χ1v) is 4.08. The number of carboxylic acids is 1. The number of hydrogen-bond donors (Lipinski definition) is 2. The Morgan fingerprint density at radius 2 is 2.17 bits per heavy atom. The standard InChI is InChI=1S/C8H14O4/c1-12-5-2-3-6(8(10)11)7(9)4-5/h5-7,9H,2-4H2,1H3,(H,10,11). The normalized spacial score (nSPS) is 36.3. The Hall–Kier alpha value is -0.610. The summed E-state index contributed by atoms with van der Waals surface area (Å²) in [5, 5.41) is 18.0. The maximum Gasteiger partial charge on any atom is 0.309 e. The number of carbonyl (C=O) groups is 1. The zero-order chi connectivity index (χ0) is 9.14. The third kappa shape index (κ3) is 1.95. The van der Waals surface area contributed by atoms with Gasteiger partial charge >= 0.3 is 5.97 Å². The molecule has 4 heteroatoms. The Bertz CT molecular complexity index is 168. The SMILES string of the molecule is COC1CCC(C(=O)O)C(O)C1. The van der Waals surface area contributed by atoms with Crippen LogP contribution in [0.2, 0.25) is 0 Å². The molecule has 0 aliphatic heterocycles. The molecule has 0 aromatic heterocycles. The van der Waals surface area contributed by atoms with Gasteiger partial charge in [-0.25, -0.2) is 0 Å². The Labute approximate surface area is 71.2 Å². The van der Waals surface area contributed by atoms with Gasteiger partial charge in [0, 0.05) is 13.5 Å². The van der Waals surface area contributed by atoms with E-state index in [2.05, 4.69) is 0 Å².